The van der Waals surface area contributed by atoms with Crippen molar-refractivity contribution in [2.75, 3.05) is 33.3 Å². The molecule has 0 aromatic rings. The van der Waals surface area contributed by atoms with E-state index < -0.39 is 12.6 Å². The average Bonchev–Trinajstić information content (AvgIpc) is 2.33. The van der Waals surface area contributed by atoms with Crippen molar-refractivity contribution in [2.24, 2.45) is 0 Å². The smallest absolute Gasteiger partial charge is 0.390 e. The number of aliphatic hydroxyl groups excluding tert-OH is 1. The van der Waals surface area contributed by atoms with Crippen molar-refractivity contribution < 1.29 is 18.3 Å². The van der Waals surface area contributed by atoms with Gasteiger partial charge in [-0.1, -0.05) is 6.92 Å². The summed E-state index contributed by atoms with van der Waals surface area (Å²) in [5, 5.41) is 12.6. The molecular weight excluding hydrogens is 257 g/mol. The van der Waals surface area contributed by atoms with Crippen molar-refractivity contribution in [1.82, 2.24) is 10.2 Å². The van der Waals surface area contributed by atoms with Crippen LogP contribution in [0.25, 0.3) is 0 Å². The largest absolute Gasteiger partial charge is 0.394 e. The summed E-state index contributed by atoms with van der Waals surface area (Å²) >= 11 is 0. The number of nitrogens with zero attached hydrogens (tertiary/aromatic N) is 1. The summed E-state index contributed by atoms with van der Waals surface area (Å²) in [4.78, 5) is 1.69. The van der Waals surface area contributed by atoms with Crippen molar-refractivity contribution in [1.29, 1.82) is 0 Å². The van der Waals surface area contributed by atoms with Gasteiger partial charge in [-0.25, -0.2) is 0 Å². The molecular formula is C13H27F3N2O. The first kappa shape index (κ1) is 18.7. The van der Waals surface area contributed by atoms with Gasteiger partial charge >= 0.3 is 6.18 Å². The van der Waals surface area contributed by atoms with Gasteiger partial charge in [-0.2, -0.15) is 13.2 Å². The Hall–Kier alpha value is -0.330. The summed E-state index contributed by atoms with van der Waals surface area (Å²) in [7, 11) is 1.70. The van der Waals surface area contributed by atoms with Crippen LogP contribution in [0.15, 0.2) is 0 Å². The first-order valence-electron chi connectivity index (χ1n) is 6.83. The molecule has 116 valence electrons. The molecule has 0 aliphatic heterocycles. The number of hydrogen-bond acceptors (Lipinski definition) is 3. The molecule has 0 radical (unpaired) electrons. The molecule has 0 amide bonds. The van der Waals surface area contributed by atoms with E-state index in [2.05, 4.69) is 12.2 Å². The van der Waals surface area contributed by atoms with Crippen LogP contribution in [-0.4, -0.2) is 55.0 Å². The molecule has 0 aliphatic carbocycles. The van der Waals surface area contributed by atoms with Crippen LogP contribution in [0, 0.1) is 0 Å². The van der Waals surface area contributed by atoms with E-state index in [0.29, 0.717) is 6.54 Å². The predicted octanol–water partition coefficient (Wildman–Crippen LogP) is 2.40. The molecule has 0 bridgehead atoms. The fraction of sp³-hybridized carbons (Fsp3) is 1.00. The SMILES string of the molecule is CCCNC(C)(CO)CCCN(C)CCC(F)(F)F. The maximum atomic E-state index is 12.1. The molecule has 19 heavy (non-hydrogen) atoms. The number of aliphatic hydroxyl groups is 1. The Morgan fingerprint density at radius 1 is 1.16 bits per heavy atom. The van der Waals surface area contributed by atoms with Gasteiger partial charge < -0.3 is 15.3 Å². The van der Waals surface area contributed by atoms with Gasteiger partial charge in [-0.05, 0) is 46.3 Å². The van der Waals surface area contributed by atoms with E-state index in [9.17, 15) is 18.3 Å². The summed E-state index contributed by atoms with van der Waals surface area (Å²) < 4.78 is 36.2. The van der Waals surface area contributed by atoms with E-state index in [-0.39, 0.29) is 18.7 Å². The Morgan fingerprint density at radius 3 is 2.26 bits per heavy atom. The van der Waals surface area contributed by atoms with Gasteiger partial charge in [-0.3, -0.25) is 0 Å². The number of hydrogen-bond donors (Lipinski definition) is 2. The van der Waals surface area contributed by atoms with Crippen molar-refractivity contribution in [3.63, 3.8) is 0 Å². The molecule has 0 spiro atoms. The predicted molar refractivity (Wildman–Crippen MR) is 71.2 cm³/mol. The monoisotopic (exact) mass is 284 g/mol. The maximum absolute atomic E-state index is 12.1. The Balaban J connectivity index is 3.86. The van der Waals surface area contributed by atoms with Gasteiger partial charge in [0.05, 0.1) is 13.0 Å². The van der Waals surface area contributed by atoms with Gasteiger partial charge in [0.25, 0.3) is 0 Å². The lowest BCUT2D eigenvalue weighted by Gasteiger charge is -2.29. The first-order chi connectivity index (χ1) is 8.72. The fourth-order valence-corrected chi connectivity index (χ4v) is 1.82. The van der Waals surface area contributed by atoms with Crippen molar-refractivity contribution in [2.45, 2.75) is 51.2 Å². The molecule has 1 atom stereocenters. The van der Waals surface area contributed by atoms with Crippen LogP contribution >= 0.6 is 0 Å². The summed E-state index contributed by atoms with van der Waals surface area (Å²) in [5.41, 5.74) is -0.332. The third-order valence-corrected chi connectivity index (χ3v) is 3.20. The molecule has 0 aliphatic rings. The van der Waals surface area contributed by atoms with E-state index in [4.69, 9.17) is 0 Å². The standard InChI is InChI=1S/C13H27F3N2O/c1-4-8-17-12(2,11-19)6-5-9-18(3)10-7-13(14,15)16/h17,19H,4-11H2,1-3H3. The average molecular weight is 284 g/mol. The minimum absolute atomic E-state index is 0.0295. The normalized spacial score (nSPS) is 15.8. The zero-order valence-corrected chi connectivity index (χ0v) is 12.2. The van der Waals surface area contributed by atoms with Gasteiger partial charge in [0.1, 0.15) is 0 Å². The first-order valence-corrected chi connectivity index (χ1v) is 6.83. The van der Waals surface area contributed by atoms with Crippen LogP contribution in [0.3, 0.4) is 0 Å². The molecule has 6 heteroatoms. The lowest BCUT2D eigenvalue weighted by Crippen LogP contribution is -2.46. The van der Waals surface area contributed by atoms with Crippen LogP contribution in [0.2, 0.25) is 0 Å². The third kappa shape index (κ3) is 10.2. The second kappa shape index (κ2) is 8.76. The second-order valence-corrected chi connectivity index (χ2v) is 5.42. The third-order valence-electron chi connectivity index (χ3n) is 3.20. The Kier molecular flexibility index (Phi) is 8.61. The molecule has 0 saturated carbocycles. The highest BCUT2D eigenvalue weighted by Gasteiger charge is 2.27. The Bertz CT molecular complexity index is 236. The summed E-state index contributed by atoms with van der Waals surface area (Å²) in [6.07, 6.45) is -2.35. The quantitative estimate of drug-likeness (QED) is 0.646. The molecule has 0 aromatic carbocycles. The Morgan fingerprint density at radius 2 is 1.79 bits per heavy atom. The lowest BCUT2D eigenvalue weighted by molar-refractivity contribution is -0.137. The molecule has 0 fully saturated rings. The zero-order chi connectivity index (χ0) is 14.9. The zero-order valence-electron chi connectivity index (χ0n) is 12.2. The van der Waals surface area contributed by atoms with Gasteiger partial charge in [0.15, 0.2) is 0 Å². The van der Waals surface area contributed by atoms with Crippen LogP contribution in [0.4, 0.5) is 13.2 Å². The number of alkyl halides is 3. The number of nitrogens with one attached hydrogen (secondary N) is 1. The van der Waals surface area contributed by atoms with Crippen LogP contribution in [0.5, 0.6) is 0 Å². The Labute approximate surface area is 114 Å². The van der Waals surface area contributed by atoms with Gasteiger partial charge in [-0.15, -0.1) is 0 Å². The van der Waals surface area contributed by atoms with E-state index in [1.165, 1.54) is 0 Å². The molecule has 0 heterocycles. The fourth-order valence-electron chi connectivity index (χ4n) is 1.82. The van der Waals surface area contributed by atoms with Crippen molar-refractivity contribution in [3.05, 3.63) is 0 Å². The summed E-state index contributed by atoms with van der Waals surface area (Å²) in [5.74, 6) is 0. The molecule has 2 N–H and O–H groups in total. The van der Waals surface area contributed by atoms with Crippen LogP contribution in [0.1, 0.15) is 39.5 Å². The second-order valence-electron chi connectivity index (χ2n) is 5.42. The highest BCUT2D eigenvalue weighted by Crippen LogP contribution is 2.19. The molecule has 1 unspecified atom stereocenters. The highest BCUT2D eigenvalue weighted by molar-refractivity contribution is 4.82. The van der Waals surface area contributed by atoms with Crippen LogP contribution < -0.4 is 5.32 Å². The summed E-state index contributed by atoms with van der Waals surface area (Å²) in [6.45, 7) is 5.51. The minimum Gasteiger partial charge on any atom is -0.394 e. The van der Waals surface area contributed by atoms with Crippen molar-refractivity contribution in [3.8, 4) is 0 Å². The topological polar surface area (TPSA) is 35.5 Å². The maximum Gasteiger partial charge on any atom is 0.390 e. The van der Waals surface area contributed by atoms with E-state index in [1.807, 2.05) is 6.92 Å². The van der Waals surface area contributed by atoms with E-state index >= 15 is 0 Å². The number of rotatable bonds is 10. The summed E-state index contributed by atoms with van der Waals surface area (Å²) in [6, 6.07) is 0. The minimum atomic E-state index is -4.09. The molecule has 3 nitrogen and oxygen atoms in total. The van der Waals surface area contributed by atoms with Crippen LogP contribution in [-0.2, 0) is 0 Å². The van der Waals surface area contributed by atoms with Gasteiger partial charge in [0, 0.05) is 12.1 Å². The molecule has 0 saturated heterocycles. The molecule has 0 rings (SSSR count). The lowest BCUT2D eigenvalue weighted by atomic mass is 9.96. The van der Waals surface area contributed by atoms with E-state index in [0.717, 1.165) is 25.8 Å². The number of halogens is 3. The van der Waals surface area contributed by atoms with Crippen molar-refractivity contribution >= 4 is 0 Å². The van der Waals surface area contributed by atoms with E-state index in [1.54, 1.807) is 11.9 Å². The highest BCUT2D eigenvalue weighted by atomic mass is 19.4. The molecule has 0 aromatic heterocycles. The van der Waals surface area contributed by atoms with Gasteiger partial charge in [0.2, 0.25) is 0 Å².